The number of benzene rings is 1. The van der Waals surface area contributed by atoms with E-state index in [0.29, 0.717) is 16.8 Å². The van der Waals surface area contributed by atoms with Crippen LogP contribution in [0.1, 0.15) is 33.3 Å². The fraction of sp³-hybridized carbons (Fsp3) is 0.400. The number of hydrogen-bond donors (Lipinski definition) is 0. The number of hydrogen-bond acceptors (Lipinski definition) is 4. The molecule has 1 aromatic carbocycles. The second kappa shape index (κ2) is 4.11. The lowest BCUT2D eigenvalue weighted by Gasteiger charge is -2.32. The topological polar surface area (TPSA) is 55.4 Å². The minimum Gasteiger partial charge on any atom is -0.463 e. The Morgan fingerprint density at radius 1 is 1.05 bits per heavy atom. The van der Waals surface area contributed by atoms with Gasteiger partial charge in [-0.3, -0.25) is 0 Å². The zero-order valence-electron chi connectivity index (χ0n) is 12.1. The number of para-hydroxylation sites is 1. The molecule has 1 aliphatic heterocycles. The Kier molecular flexibility index (Phi) is 2.72. The molecule has 3 rings (SSSR count). The average Bonchev–Trinajstić information content (AvgIpc) is 2.84. The van der Waals surface area contributed by atoms with Crippen LogP contribution in [0.4, 0.5) is 0 Å². The molecule has 0 N–H and O–H groups in total. The van der Waals surface area contributed by atoms with Crippen molar-refractivity contribution in [3.8, 4) is 6.07 Å². The Morgan fingerprint density at radius 3 is 2.25 bits per heavy atom. The summed E-state index contributed by atoms with van der Waals surface area (Å²) >= 11 is 0. The summed E-state index contributed by atoms with van der Waals surface area (Å²) < 4.78 is 17.7. The number of nitriles is 1. The lowest BCUT2D eigenvalue weighted by Crippen LogP contribution is -2.41. The summed E-state index contributed by atoms with van der Waals surface area (Å²) in [5.74, 6) is 0. The van der Waals surface area contributed by atoms with Gasteiger partial charge in [0.15, 0.2) is 5.66 Å². The predicted octanol–water partition coefficient (Wildman–Crippen LogP) is 2.60. The highest BCUT2D eigenvalue weighted by atomic mass is 16.7. The summed E-state index contributed by atoms with van der Waals surface area (Å²) in [6.07, 6.45) is 0. The molecule has 0 saturated carbocycles. The van der Waals surface area contributed by atoms with E-state index in [4.69, 9.17) is 13.7 Å². The van der Waals surface area contributed by atoms with Crippen LogP contribution in [0.15, 0.2) is 28.7 Å². The van der Waals surface area contributed by atoms with Crippen LogP contribution in [0.5, 0.6) is 0 Å². The Morgan fingerprint density at radius 2 is 1.65 bits per heavy atom. The number of fused-ring (bicyclic) bond motifs is 1. The van der Waals surface area contributed by atoms with Crippen LogP contribution in [0.25, 0.3) is 11.0 Å². The van der Waals surface area contributed by atoms with Gasteiger partial charge < -0.3 is 13.7 Å². The Balaban J connectivity index is 2.11. The van der Waals surface area contributed by atoms with Gasteiger partial charge in [-0.2, -0.15) is 5.26 Å². The van der Waals surface area contributed by atoms with Gasteiger partial charge in [-0.05, 0) is 39.8 Å². The van der Waals surface area contributed by atoms with Gasteiger partial charge >= 0.3 is 7.12 Å². The van der Waals surface area contributed by atoms with Crippen molar-refractivity contribution >= 4 is 23.7 Å². The van der Waals surface area contributed by atoms with Crippen LogP contribution in [0.2, 0.25) is 0 Å². The SMILES string of the molecule is CC1(C)OB(c2oc3ccccc3c2C#N)OC1(C)C. The number of rotatable bonds is 1. The summed E-state index contributed by atoms with van der Waals surface area (Å²) in [5.41, 5.74) is 0.701. The van der Waals surface area contributed by atoms with Crippen molar-refractivity contribution in [1.29, 1.82) is 5.26 Å². The predicted molar refractivity (Wildman–Crippen MR) is 76.6 cm³/mol. The first kappa shape index (κ1) is 13.2. The van der Waals surface area contributed by atoms with Crippen LogP contribution >= 0.6 is 0 Å². The Hall–Kier alpha value is -1.77. The van der Waals surface area contributed by atoms with E-state index in [1.165, 1.54) is 0 Å². The maximum atomic E-state index is 9.40. The van der Waals surface area contributed by atoms with E-state index < -0.39 is 18.3 Å². The van der Waals surface area contributed by atoms with Crippen LogP contribution in [-0.2, 0) is 9.31 Å². The highest BCUT2D eigenvalue weighted by Gasteiger charge is 2.54. The van der Waals surface area contributed by atoms with Crippen LogP contribution in [0.3, 0.4) is 0 Å². The largest absolute Gasteiger partial charge is 0.534 e. The lowest BCUT2D eigenvalue weighted by molar-refractivity contribution is 0.00578. The van der Waals surface area contributed by atoms with Crippen molar-refractivity contribution in [2.75, 3.05) is 0 Å². The molecule has 0 spiro atoms. The first-order valence-corrected chi connectivity index (χ1v) is 6.63. The van der Waals surface area contributed by atoms with Crippen molar-refractivity contribution in [3.63, 3.8) is 0 Å². The van der Waals surface area contributed by atoms with Gasteiger partial charge in [0.1, 0.15) is 11.7 Å². The summed E-state index contributed by atoms with van der Waals surface area (Å²) in [5, 5.41) is 10.2. The third-order valence-electron chi connectivity index (χ3n) is 4.20. The van der Waals surface area contributed by atoms with Crippen molar-refractivity contribution in [2.24, 2.45) is 0 Å². The van der Waals surface area contributed by atoms with Gasteiger partial charge in [-0.25, -0.2) is 0 Å². The van der Waals surface area contributed by atoms with Crippen molar-refractivity contribution in [1.82, 2.24) is 0 Å². The van der Waals surface area contributed by atoms with Crippen molar-refractivity contribution < 1.29 is 13.7 Å². The standard InChI is InChI=1S/C15H16BNO3/c1-14(2)15(3,4)20-16(19-14)13-11(9-17)10-7-5-6-8-12(10)18-13/h5-8H,1-4H3. The summed E-state index contributed by atoms with van der Waals surface area (Å²) in [6.45, 7) is 7.90. The lowest BCUT2D eigenvalue weighted by atomic mass is 9.83. The second-order valence-corrected chi connectivity index (χ2v) is 6.04. The van der Waals surface area contributed by atoms with Crippen LogP contribution in [0, 0.1) is 11.3 Å². The van der Waals surface area contributed by atoms with Gasteiger partial charge in [0, 0.05) is 5.39 Å². The smallest absolute Gasteiger partial charge is 0.463 e. The summed E-state index contributed by atoms with van der Waals surface area (Å²) in [4.78, 5) is 0. The molecule has 20 heavy (non-hydrogen) atoms. The van der Waals surface area contributed by atoms with Crippen LogP contribution < -0.4 is 5.66 Å². The van der Waals surface area contributed by atoms with E-state index in [1.54, 1.807) is 0 Å². The normalized spacial score (nSPS) is 20.2. The molecule has 4 nitrogen and oxygen atoms in total. The minimum absolute atomic E-state index is 0.451. The molecule has 0 radical (unpaired) electrons. The van der Waals surface area contributed by atoms with E-state index in [1.807, 2.05) is 52.0 Å². The molecule has 102 valence electrons. The first-order valence-electron chi connectivity index (χ1n) is 6.63. The van der Waals surface area contributed by atoms with Crippen LogP contribution in [-0.4, -0.2) is 18.3 Å². The quantitative estimate of drug-likeness (QED) is 0.747. The molecule has 0 unspecified atom stereocenters. The fourth-order valence-electron chi connectivity index (χ4n) is 2.30. The zero-order chi connectivity index (χ0) is 14.5. The van der Waals surface area contributed by atoms with E-state index >= 15 is 0 Å². The molecule has 1 aliphatic rings. The van der Waals surface area contributed by atoms with Gasteiger partial charge in [0.25, 0.3) is 0 Å². The zero-order valence-corrected chi connectivity index (χ0v) is 12.1. The highest BCUT2D eigenvalue weighted by Crippen LogP contribution is 2.37. The minimum atomic E-state index is -0.651. The van der Waals surface area contributed by atoms with Gasteiger partial charge in [-0.15, -0.1) is 0 Å². The molecule has 1 aromatic heterocycles. The Labute approximate surface area is 118 Å². The molecular weight excluding hydrogens is 253 g/mol. The molecule has 2 aromatic rings. The molecule has 0 bridgehead atoms. The number of furan rings is 1. The highest BCUT2D eigenvalue weighted by molar-refractivity contribution is 6.62. The van der Waals surface area contributed by atoms with Gasteiger partial charge in [0.2, 0.25) is 0 Å². The van der Waals surface area contributed by atoms with Crippen molar-refractivity contribution in [3.05, 3.63) is 29.8 Å². The molecule has 2 heterocycles. The molecular formula is C15H16BNO3. The molecule has 0 amide bonds. The summed E-state index contributed by atoms with van der Waals surface area (Å²) in [6, 6.07) is 9.66. The van der Waals surface area contributed by atoms with Gasteiger partial charge in [-0.1, -0.05) is 12.1 Å². The molecule has 0 atom stereocenters. The van der Waals surface area contributed by atoms with E-state index in [0.717, 1.165) is 5.39 Å². The van der Waals surface area contributed by atoms with E-state index in [9.17, 15) is 5.26 Å². The molecule has 1 saturated heterocycles. The Bertz CT molecular complexity index is 695. The fourth-order valence-corrected chi connectivity index (χ4v) is 2.30. The van der Waals surface area contributed by atoms with Gasteiger partial charge in [0.05, 0.1) is 16.8 Å². The maximum absolute atomic E-state index is 9.40. The molecule has 5 heteroatoms. The van der Waals surface area contributed by atoms with E-state index in [2.05, 4.69) is 6.07 Å². The molecule has 0 aliphatic carbocycles. The van der Waals surface area contributed by atoms with Crippen molar-refractivity contribution in [2.45, 2.75) is 38.9 Å². The van der Waals surface area contributed by atoms with E-state index in [-0.39, 0.29) is 0 Å². The number of nitrogens with zero attached hydrogens (tertiary/aromatic N) is 1. The maximum Gasteiger partial charge on any atom is 0.534 e. The first-order chi connectivity index (χ1) is 9.36. The third-order valence-corrected chi connectivity index (χ3v) is 4.20. The monoisotopic (exact) mass is 269 g/mol. The summed E-state index contributed by atoms with van der Waals surface area (Å²) in [7, 11) is -0.651. The molecule has 1 fully saturated rings. The third kappa shape index (κ3) is 1.76. The second-order valence-electron chi connectivity index (χ2n) is 6.04. The average molecular weight is 269 g/mol.